The van der Waals surface area contributed by atoms with Gasteiger partial charge in [-0.25, -0.2) is 0 Å². The molecule has 0 spiro atoms. The normalized spacial score (nSPS) is 11.0. The molecule has 2 aromatic carbocycles. The van der Waals surface area contributed by atoms with Crippen molar-refractivity contribution in [3.63, 3.8) is 0 Å². The molecule has 0 aliphatic heterocycles. The van der Waals surface area contributed by atoms with Gasteiger partial charge in [0.05, 0.1) is 11.2 Å². The SMILES string of the molecule is c1ccc(CCc2[nH]nc(-c3ccccn3)c2-c2ccnc3ccccc23)cc1. The molecule has 0 unspecified atom stereocenters. The molecule has 0 aliphatic carbocycles. The molecule has 3 aromatic heterocycles. The summed E-state index contributed by atoms with van der Waals surface area (Å²) in [6, 6.07) is 26.8. The molecule has 4 nitrogen and oxygen atoms in total. The van der Waals surface area contributed by atoms with Gasteiger partial charge in [0.1, 0.15) is 5.69 Å². The van der Waals surface area contributed by atoms with Crippen molar-refractivity contribution in [3.8, 4) is 22.5 Å². The molecule has 0 saturated heterocycles. The first kappa shape index (κ1) is 17.3. The maximum Gasteiger partial charge on any atom is 0.119 e. The Morgan fingerprint density at radius 1 is 0.690 bits per heavy atom. The van der Waals surface area contributed by atoms with Crippen molar-refractivity contribution in [2.75, 3.05) is 0 Å². The predicted octanol–water partition coefficient (Wildman–Crippen LogP) is 5.47. The van der Waals surface area contributed by atoms with Gasteiger partial charge in [-0.05, 0) is 48.2 Å². The summed E-state index contributed by atoms with van der Waals surface area (Å²) in [4.78, 5) is 9.08. The summed E-state index contributed by atoms with van der Waals surface area (Å²) in [5.41, 5.74) is 7.40. The Morgan fingerprint density at radius 2 is 1.52 bits per heavy atom. The van der Waals surface area contributed by atoms with E-state index in [0.717, 1.165) is 52.0 Å². The van der Waals surface area contributed by atoms with Crippen molar-refractivity contribution in [1.82, 2.24) is 20.2 Å². The van der Waals surface area contributed by atoms with Gasteiger partial charge in [-0.2, -0.15) is 5.10 Å². The fourth-order valence-electron chi connectivity index (χ4n) is 3.77. The fourth-order valence-corrected chi connectivity index (χ4v) is 3.77. The number of aromatic nitrogens is 4. The van der Waals surface area contributed by atoms with Crippen LogP contribution < -0.4 is 0 Å². The first-order valence-electron chi connectivity index (χ1n) is 9.77. The molecule has 140 valence electrons. The lowest BCUT2D eigenvalue weighted by molar-refractivity contribution is 0.894. The topological polar surface area (TPSA) is 54.5 Å². The lowest BCUT2D eigenvalue weighted by atomic mass is 9.95. The number of hydrogen-bond donors (Lipinski definition) is 1. The minimum absolute atomic E-state index is 0.866. The van der Waals surface area contributed by atoms with Crippen molar-refractivity contribution in [3.05, 3.63) is 103 Å². The molecule has 3 heterocycles. The van der Waals surface area contributed by atoms with E-state index in [1.807, 2.05) is 48.8 Å². The highest BCUT2D eigenvalue weighted by Crippen LogP contribution is 2.36. The Balaban J connectivity index is 1.65. The molecule has 5 rings (SSSR count). The van der Waals surface area contributed by atoms with E-state index < -0.39 is 0 Å². The van der Waals surface area contributed by atoms with Gasteiger partial charge in [-0.1, -0.05) is 54.6 Å². The van der Waals surface area contributed by atoms with E-state index >= 15 is 0 Å². The van der Waals surface area contributed by atoms with E-state index in [4.69, 9.17) is 0 Å². The highest BCUT2D eigenvalue weighted by atomic mass is 15.1. The molecule has 0 bridgehead atoms. The van der Waals surface area contributed by atoms with Crippen LogP contribution in [0.4, 0.5) is 0 Å². The number of aromatic amines is 1. The number of benzene rings is 2. The minimum Gasteiger partial charge on any atom is -0.281 e. The van der Waals surface area contributed by atoms with E-state index in [9.17, 15) is 0 Å². The van der Waals surface area contributed by atoms with Crippen LogP contribution in [0.2, 0.25) is 0 Å². The van der Waals surface area contributed by atoms with E-state index in [-0.39, 0.29) is 0 Å². The summed E-state index contributed by atoms with van der Waals surface area (Å²) < 4.78 is 0. The van der Waals surface area contributed by atoms with Crippen molar-refractivity contribution < 1.29 is 0 Å². The predicted molar refractivity (Wildman–Crippen MR) is 116 cm³/mol. The van der Waals surface area contributed by atoms with Gasteiger partial charge in [-0.15, -0.1) is 0 Å². The van der Waals surface area contributed by atoms with Gasteiger partial charge >= 0.3 is 0 Å². The van der Waals surface area contributed by atoms with Crippen LogP contribution in [-0.4, -0.2) is 20.2 Å². The average molecular weight is 376 g/mol. The molecule has 5 aromatic rings. The maximum atomic E-state index is 4.67. The second-order valence-electron chi connectivity index (χ2n) is 7.00. The van der Waals surface area contributed by atoms with Crippen LogP contribution in [0.1, 0.15) is 11.3 Å². The first-order valence-corrected chi connectivity index (χ1v) is 9.77. The van der Waals surface area contributed by atoms with Gasteiger partial charge in [-0.3, -0.25) is 15.1 Å². The molecule has 0 aliphatic rings. The quantitative estimate of drug-likeness (QED) is 0.442. The van der Waals surface area contributed by atoms with Crippen molar-refractivity contribution in [2.45, 2.75) is 12.8 Å². The summed E-state index contributed by atoms with van der Waals surface area (Å²) in [6.45, 7) is 0. The molecule has 29 heavy (non-hydrogen) atoms. The molecular formula is C25H20N4. The van der Waals surface area contributed by atoms with E-state index in [0.29, 0.717) is 0 Å². The van der Waals surface area contributed by atoms with Crippen LogP contribution in [-0.2, 0) is 12.8 Å². The number of rotatable bonds is 5. The number of aryl methyl sites for hydroxylation is 2. The zero-order valence-corrected chi connectivity index (χ0v) is 15.9. The number of para-hydroxylation sites is 1. The lowest BCUT2D eigenvalue weighted by Gasteiger charge is -2.10. The van der Waals surface area contributed by atoms with Crippen molar-refractivity contribution >= 4 is 10.9 Å². The van der Waals surface area contributed by atoms with Crippen LogP contribution >= 0.6 is 0 Å². The standard InChI is InChI=1S/C25H20N4/c1-2-8-18(9-3-1)13-14-22-24(25(29-28-22)23-12-6-7-16-26-23)20-15-17-27-21-11-5-4-10-19(20)21/h1-12,15-17H,13-14H2,(H,28,29). The molecule has 0 radical (unpaired) electrons. The Bertz CT molecular complexity index is 1240. The van der Waals surface area contributed by atoms with E-state index in [2.05, 4.69) is 62.6 Å². The van der Waals surface area contributed by atoms with Gasteiger partial charge in [0.15, 0.2) is 0 Å². The van der Waals surface area contributed by atoms with Crippen LogP contribution in [0.5, 0.6) is 0 Å². The zero-order valence-electron chi connectivity index (χ0n) is 15.9. The Labute approximate surface area is 169 Å². The number of hydrogen-bond acceptors (Lipinski definition) is 3. The third-order valence-electron chi connectivity index (χ3n) is 5.17. The summed E-state index contributed by atoms with van der Waals surface area (Å²) in [5, 5.41) is 9.09. The second-order valence-corrected chi connectivity index (χ2v) is 7.00. The van der Waals surface area contributed by atoms with Crippen LogP contribution in [0.15, 0.2) is 91.3 Å². The second kappa shape index (κ2) is 7.68. The Kier molecular flexibility index (Phi) is 4.59. The lowest BCUT2D eigenvalue weighted by Crippen LogP contribution is -1.95. The molecule has 0 saturated carbocycles. The molecule has 0 amide bonds. The number of pyridine rings is 2. The van der Waals surface area contributed by atoms with Crippen LogP contribution in [0, 0.1) is 0 Å². The van der Waals surface area contributed by atoms with Crippen molar-refractivity contribution in [2.24, 2.45) is 0 Å². The minimum atomic E-state index is 0.866. The summed E-state index contributed by atoms with van der Waals surface area (Å²) in [7, 11) is 0. The molecule has 1 N–H and O–H groups in total. The van der Waals surface area contributed by atoms with Gasteiger partial charge < -0.3 is 0 Å². The van der Waals surface area contributed by atoms with Crippen LogP contribution in [0.25, 0.3) is 33.4 Å². The first-order chi connectivity index (χ1) is 14.4. The fraction of sp³-hybridized carbons (Fsp3) is 0.0800. The maximum absolute atomic E-state index is 4.67. The van der Waals surface area contributed by atoms with Gasteiger partial charge in [0.2, 0.25) is 0 Å². The Morgan fingerprint density at radius 3 is 2.38 bits per heavy atom. The van der Waals surface area contributed by atoms with Gasteiger partial charge in [0.25, 0.3) is 0 Å². The largest absolute Gasteiger partial charge is 0.281 e. The van der Waals surface area contributed by atoms with Crippen LogP contribution in [0.3, 0.4) is 0 Å². The monoisotopic (exact) mass is 376 g/mol. The van der Waals surface area contributed by atoms with Crippen molar-refractivity contribution in [1.29, 1.82) is 0 Å². The number of fused-ring (bicyclic) bond motifs is 1. The summed E-state index contributed by atoms with van der Waals surface area (Å²) in [6.07, 6.45) is 5.49. The molecular weight excluding hydrogens is 356 g/mol. The number of nitrogens with one attached hydrogen (secondary N) is 1. The van der Waals surface area contributed by atoms with E-state index in [1.54, 1.807) is 0 Å². The smallest absolute Gasteiger partial charge is 0.119 e. The number of H-pyrrole nitrogens is 1. The molecule has 0 fully saturated rings. The molecule has 4 heteroatoms. The van der Waals surface area contributed by atoms with E-state index in [1.165, 1.54) is 5.56 Å². The Hall–Kier alpha value is -3.79. The highest BCUT2D eigenvalue weighted by molar-refractivity contribution is 5.98. The highest BCUT2D eigenvalue weighted by Gasteiger charge is 2.19. The zero-order chi connectivity index (χ0) is 19.5. The van der Waals surface area contributed by atoms with Gasteiger partial charge in [0, 0.05) is 29.0 Å². The average Bonchev–Trinajstić information content (AvgIpc) is 3.22. The summed E-state index contributed by atoms with van der Waals surface area (Å²) in [5.74, 6) is 0. The summed E-state index contributed by atoms with van der Waals surface area (Å²) >= 11 is 0. The third-order valence-corrected chi connectivity index (χ3v) is 5.17. The molecule has 0 atom stereocenters. The number of nitrogens with zero attached hydrogens (tertiary/aromatic N) is 3. The third kappa shape index (κ3) is 3.41.